The molecule has 0 bridgehead atoms. The Morgan fingerprint density at radius 3 is 3.12 bits per heavy atom. The number of aryl methyl sites for hydroxylation is 1. The summed E-state index contributed by atoms with van der Waals surface area (Å²) >= 11 is 0. The predicted molar refractivity (Wildman–Crippen MR) is 60.5 cm³/mol. The van der Waals surface area contributed by atoms with Crippen molar-refractivity contribution in [2.45, 2.75) is 20.0 Å². The molecule has 0 aliphatic carbocycles. The Labute approximate surface area is 98.8 Å². The topological polar surface area (TPSA) is 78.0 Å². The summed E-state index contributed by atoms with van der Waals surface area (Å²) in [4.78, 5) is 8.30. The maximum absolute atomic E-state index is 5.02. The van der Waals surface area contributed by atoms with Gasteiger partial charge in [-0.2, -0.15) is 4.98 Å². The highest BCUT2D eigenvalue weighted by Crippen LogP contribution is 2.06. The molecule has 0 saturated heterocycles. The third-order valence-corrected chi connectivity index (χ3v) is 2.22. The molecule has 2 aromatic heterocycles. The number of hydrogen-bond acceptors (Lipinski definition) is 6. The second kappa shape index (κ2) is 5.44. The Morgan fingerprint density at radius 2 is 2.41 bits per heavy atom. The van der Waals surface area contributed by atoms with Crippen molar-refractivity contribution < 1.29 is 9.26 Å². The Hall–Kier alpha value is -1.89. The standard InChI is InChI=1S/C10H15N5O2/c1-8-13-9(17-14-8)7-12-10-11-3-4-15(10)5-6-16-2/h3-4H,5-7H2,1-2H3,(H,11,12). The number of anilines is 1. The van der Waals surface area contributed by atoms with E-state index in [0.717, 1.165) is 12.5 Å². The van der Waals surface area contributed by atoms with E-state index in [0.29, 0.717) is 24.9 Å². The summed E-state index contributed by atoms with van der Waals surface area (Å²) in [5.74, 6) is 1.94. The first-order chi connectivity index (χ1) is 8.29. The molecule has 92 valence electrons. The lowest BCUT2D eigenvalue weighted by molar-refractivity contribution is 0.187. The van der Waals surface area contributed by atoms with Crippen LogP contribution in [-0.2, 0) is 17.8 Å². The zero-order chi connectivity index (χ0) is 12.1. The van der Waals surface area contributed by atoms with E-state index in [4.69, 9.17) is 9.26 Å². The van der Waals surface area contributed by atoms with E-state index in [9.17, 15) is 0 Å². The fourth-order valence-corrected chi connectivity index (χ4v) is 1.41. The van der Waals surface area contributed by atoms with Gasteiger partial charge in [0.1, 0.15) is 0 Å². The van der Waals surface area contributed by atoms with Gasteiger partial charge >= 0.3 is 0 Å². The summed E-state index contributed by atoms with van der Waals surface area (Å²) < 4.78 is 12.0. The molecule has 0 spiro atoms. The molecule has 1 N–H and O–H groups in total. The molecule has 0 unspecified atom stereocenters. The van der Waals surface area contributed by atoms with Crippen molar-refractivity contribution in [3.05, 3.63) is 24.1 Å². The van der Waals surface area contributed by atoms with Gasteiger partial charge in [0.15, 0.2) is 5.82 Å². The van der Waals surface area contributed by atoms with E-state index in [-0.39, 0.29) is 0 Å². The quantitative estimate of drug-likeness (QED) is 0.801. The van der Waals surface area contributed by atoms with Crippen LogP contribution >= 0.6 is 0 Å². The van der Waals surface area contributed by atoms with Gasteiger partial charge in [-0.1, -0.05) is 5.16 Å². The van der Waals surface area contributed by atoms with E-state index in [1.807, 2.05) is 10.8 Å². The van der Waals surface area contributed by atoms with Gasteiger partial charge in [-0.15, -0.1) is 0 Å². The van der Waals surface area contributed by atoms with Crippen LogP contribution in [0.5, 0.6) is 0 Å². The number of nitrogens with zero attached hydrogens (tertiary/aromatic N) is 4. The van der Waals surface area contributed by atoms with Crippen LogP contribution in [0.15, 0.2) is 16.9 Å². The molecule has 0 saturated carbocycles. The van der Waals surface area contributed by atoms with Crippen molar-refractivity contribution in [3.8, 4) is 0 Å². The van der Waals surface area contributed by atoms with E-state index < -0.39 is 0 Å². The second-order valence-corrected chi connectivity index (χ2v) is 3.53. The first kappa shape index (κ1) is 11.6. The highest BCUT2D eigenvalue weighted by molar-refractivity contribution is 5.25. The Bertz CT molecular complexity index is 465. The Kier molecular flexibility index (Phi) is 3.71. The molecule has 2 rings (SSSR count). The van der Waals surface area contributed by atoms with Gasteiger partial charge in [-0.3, -0.25) is 0 Å². The van der Waals surface area contributed by atoms with Crippen LogP contribution in [0.25, 0.3) is 0 Å². The highest BCUT2D eigenvalue weighted by Gasteiger charge is 2.05. The minimum absolute atomic E-state index is 0.463. The lowest BCUT2D eigenvalue weighted by Gasteiger charge is -2.07. The summed E-state index contributed by atoms with van der Waals surface area (Å²) in [7, 11) is 1.67. The van der Waals surface area contributed by atoms with Gasteiger partial charge in [0.05, 0.1) is 13.2 Å². The van der Waals surface area contributed by atoms with E-state index in [2.05, 4.69) is 20.4 Å². The SMILES string of the molecule is COCCn1ccnc1NCc1nc(C)no1. The molecule has 0 fully saturated rings. The molecule has 0 amide bonds. The van der Waals surface area contributed by atoms with Gasteiger partial charge in [-0.25, -0.2) is 4.98 Å². The molecule has 0 atom stereocenters. The van der Waals surface area contributed by atoms with Crippen molar-refractivity contribution in [2.75, 3.05) is 19.0 Å². The maximum Gasteiger partial charge on any atom is 0.246 e. The summed E-state index contributed by atoms with van der Waals surface area (Å²) in [5, 5.41) is 6.85. The fourth-order valence-electron chi connectivity index (χ4n) is 1.41. The number of ether oxygens (including phenoxy) is 1. The van der Waals surface area contributed by atoms with E-state index >= 15 is 0 Å². The second-order valence-electron chi connectivity index (χ2n) is 3.53. The number of aromatic nitrogens is 4. The smallest absolute Gasteiger partial charge is 0.246 e. The van der Waals surface area contributed by atoms with Crippen LogP contribution in [0.4, 0.5) is 5.95 Å². The van der Waals surface area contributed by atoms with Crippen LogP contribution in [0.1, 0.15) is 11.7 Å². The third-order valence-electron chi connectivity index (χ3n) is 2.22. The molecule has 0 aliphatic rings. The van der Waals surface area contributed by atoms with Crippen molar-refractivity contribution >= 4 is 5.95 Å². The lowest BCUT2D eigenvalue weighted by Crippen LogP contribution is -2.10. The zero-order valence-electron chi connectivity index (χ0n) is 9.88. The normalized spacial score (nSPS) is 10.7. The van der Waals surface area contributed by atoms with Crippen LogP contribution in [0.3, 0.4) is 0 Å². The highest BCUT2D eigenvalue weighted by atomic mass is 16.5. The van der Waals surface area contributed by atoms with Gasteiger partial charge < -0.3 is 19.1 Å². The molecule has 2 aromatic rings. The molecular formula is C10H15N5O2. The summed E-state index contributed by atoms with van der Waals surface area (Å²) in [6.45, 7) is 3.64. The number of imidazole rings is 1. The van der Waals surface area contributed by atoms with Crippen molar-refractivity contribution in [2.24, 2.45) is 0 Å². The van der Waals surface area contributed by atoms with Gasteiger partial charge in [0, 0.05) is 26.0 Å². The zero-order valence-corrected chi connectivity index (χ0v) is 9.88. The van der Waals surface area contributed by atoms with Crippen LogP contribution in [-0.4, -0.2) is 33.4 Å². The molecule has 0 aliphatic heterocycles. The number of methoxy groups -OCH3 is 1. The molecule has 17 heavy (non-hydrogen) atoms. The van der Waals surface area contributed by atoms with E-state index in [1.54, 1.807) is 20.2 Å². The Morgan fingerprint density at radius 1 is 1.53 bits per heavy atom. The fraction of sp³-hybridized carbons (Fsp3) is 0.500. The largest absolute Gasteiger partial charge is 0.383 e. The summed E-state index contributed by atoms with van der Waals surface area (Å²) in [6.07, 6.45) is 3.62. The minimum atomic E-state index is 0.463. The number of rotatable bonds is 6. The lowest BCUT2D eigenvalue weighted by atomic mass is 10.6. The molecular weight excluding hydrogens is 222 g/mol. The van der Waals surface area contributed by atoms with Crippen molar-refractivity contribution in [1.29, 1.82) is 0 Å². The molecule has 7 nitrogen and oxygen atoms in total. The third kappa shape index (κ3) is 3.04. The van der Waals surface area contributed by atoms with Gasteiger partial charge in [0.25, 0.3) is 0 Å². The van der Waals surface area contributed by atoms with Gasteiger partial charge in [0.2, 0.25) is 11.8 Å². The predicted octanol–water partition coefficient (Wildman–Crippen LogP) is 0.833. The molecule has 2 heterocycles. The monoisotopic (exact) mass is 237 g/mol. The first-order valence-corrected chi connectivity index (χ1v) is 5.32. The van der Waals surface area contributed by atoms with E-state index in [1.165, 1.54) is 0 Å². The van der Waals surface area contributed by atoms with Crippen LogP contribution < -0.4 is 5.32 Å². The number of nitrogens with one attached hydrogen (secondary N) is 1. The van der Waals surface area contributed by atoms with Crippen LogP contribution in [0.2, 0.25) is 0 Å². The minimum Gasteiger partial charge on any atom is -0.383 e. The average molecular weight is 237 g/mol. The molecule has 0 radical (unpaired) electrons. The van der Waals surface area contributed by atoms with Crippen molar-refractivity contribution in [3.63, 3.8) is 0 Å². The molecule has 7 heteroatoms. The van der Waals surface area contributed by atoms with Crippen LogP contribution in [0, 0.1) is 6.92 Å². The Balaban J connectivity index is 1.92. The summed E-state index contributed by atoms with van der Waals surface area (Å²) in [6, 6.07) is 0. The summed E-state index contributed by atoms with van der Waals surface area (Å²) in [5.41, 5.74) is 0. The first-order valence-electron chi connectivity index (χ1n) is 5.32. The average Bonchev–Trinajstić information content (AvgIpc) is 2.92. The maximum atomic E-state index is 5.02. The van der Waals surface area contributed by atoms with Gasteiger partial charge in [-0.05, 0) is 6.92 Å². The van der Waals surface area contributed by atoms with Crippen molar-refractivity contribution in [1.82, 2.24) is 19.7 Å². The molecule has 0 aromatic carbocycles. The number of hydrogen-bond donors (Lipinski definition) is 1.